The number of carbonyl (C=O) groups excluding carboxylic acids is 1. The van der Waals surface area contributed by atoms with Crippen LogP contribution in [0, 0.1) is 0 Å². The van der Waals surface area contributed by atoms with Crippen LogP contribution in [0.4, 0.5) is 0 Å². The number of ether oxygens (including phenoxy) is 1. The van der Waals surface area contributed by atoms with E-state index in [0.29, 0.717) is 37.2 Å². The predicted molar refractivity (Wildman–Crippen MR) is 88.6 cm³/mol. The second kappa shape index (κ2) is 6.82. The minimum absolute atomic E-state index is 0.167. The van der Waals surface area contributed by atoms with Crippen molar-refractivity contribution in [1.29, 1.82) is 0 Å². The number of amides is 1. The molecule has 0 spiro atoms. The largest absolute Gasteiger partial charge is 0.377 e. The molecule has 0 unspecified atom stereocenters. The summed E-state index contributed by atoms with van der Waals surface area (Å²) >= 11 is 0. The van der Waals surface area contributed by atoms with Crippen LogP contribution in [-0.4, -0.2) is 45.7 Å². The molecular weight excluding hydrogens is 320 g/mol. The van der Waals surface area contributed by atoms with Crippen LogP contribution in [0.5, 0.6) is 0 Å². The Balaban J connectivity index is 1.62. The summed E-state index contributed by atoms with van der Waals surface area (Å²) in [7, 11) is 0. The Hall–Kier alpha value is -3.06. The van der Waals surface area contributed by atoms with Gasteiger partial charge in [-0.15, -0.1) is 0 Å². The minimum atomic E-state index is -0.399. The van der Waals surface area contributed by atoms with E-state index in [4.69, 9.17) is 9.26 Å². The van der Waals surface area contributed by atoms with E-state index >= 15 is 0 Å². The molecule has 2 aromatic heterocycles. The molecule has 0 saturated carbocycles. The number of rotatable bonds is 3. The standard InChI is InChI=1S/C18H16N4O3/c23-18(14-8-4-5-9-19-14)22-10-11-24-12-15(22)16-20-17(25-21-16)13-6-2-1-3-7-13/h1-9,15H,10-12H2/t15-/m1/s1. The lowest BCUT2D eigenvalue weighted by atomic mass is 10.2. The highest BCUT2D eigenvalue weighted by Gasteiger charge is 2.33. The Labute approximate surface area is 144 Å². The topological polar surface area (TPSA) is 81.4 Å². The van der Waals surface area contributed by atoms with Crippen LogP contribution in [-0.2, 0) is 4.74 Å². The average Bonchev–Trinajstić information content (AvgIpc) is 3.19. The van der Waals surface area contributed by atoms with Gasteiger partial charge in [0.25, 0.3) is 11.8 Å². The molecule has 0 aliphatic carbocycles. The molecule has 0 bridgehead atoms. The first-order valence-corrected chi connectivity index (χ1v) is 8.02. The van der Waals surface area contributed by atoms with Crippen molar-refractivity contribution in [2.24, 2.45) is 0 Å². The lowest BCUT2D eigenvalue weighted by molar-refractivity contribution is -0.00607. The molecule has 4 rings (SSSR count). The van der Waals surface area contributed by atoms with E-state index in [-0.39, 0.29) is 5.91 Å². The van der Waals surface area contributed by atoms with E-state index < -0.39 is 6.04 Å². The molecule has 7 heteroatoms. The molecule has 7 nitrogen and oxygen atoms in total. The maximum Gasteiger partial charge on any atom is 0.273 e. The molecule has 1 fully saturated rings. The van der Waals surface area contributed by atoms with Crippen LogP contribution in [0.15, 0.2) is 59.3 Å². The van der Waals surface area contributed by atoms with E-state index in [1.807, 2.05) is 30.3 Å². The van der Waals surface area contributed by atoms with Crippen LogP contribution in [0.1, 0.15) is 22.4 Å². The van der Waals surface area contributed by atoms with Gasteiger partial charge in [-0.1, -0.05) is 29.4 Å². The molecule has 3 heterocycles. The number of nitrogens with zero attached hydrogens (tertiary/aromatic N) is 4. The number of hydrogen-bond donors (Lipinski definition) is 0. The second-order valence-electron chi connectivity index (χ2n) is 5.63. The summed E-state index contributed by atoms with van der Waals surface area (Å²) in [6.45, 7) is 1.25. The molecule has 1 amide bonds. The van der Waals surface area contributed by atoms with E-state index in [2.05, 4.69) is 15.1 Å². The number of morpholine rings is 1. The van der Waals surface area contributed by atoms with E-state index in [1.165, 1.54) is 0 Å². The minimum Gasteiger partial charge on any atom is -0.377 e. The zero-order chi connectivity index (χ0) is 17.1. The highest BCUT2D eigenvalue weighted by Crippen LogP contribution is 2.26. The fraction of sp³-hybridized carbons (Fsp3) is 0.222. The van der Waals surface area contributed by atoms with Crippen molar-refractivity contribution in [1.82, 2.24) is 20.0 Å². The number of aromatic nitrogens is 3. The first kappa shape index (κ1) is 15.5. The lowest BCUT2D eigenvalue weighted by Crippen LogP contribution is -2.44. The highest BCUT2D eigenvalue weighted by molar-refractivity contribution is 5.92. The normalized spacial score (nSPS) is 17.4. The summed E-state index contributed by atoms with van der Waals surface area (Å²) in [5, 5.41) is 4.06. The van der Waals surface area contributed by atoms with Crippen molar-refractivity contribution >= 4 is 5.91 Å². The third-order valence-electron chi connectivity index (χ3n) is 4.03. The third-order valence-corrected chi connectivity index (χ3v) is 4.03. The Bertz CT molecular complexity index is 851. The van der Waals surface area contributed by atoms with Gasteiger partial charge in [0, 0.05) is 18.3 Å². The van der Waals surface area contributed by atoms with Gasteiger partial charge in [0.1, 0.15) is 11.7 Å². The van der Waals surface area contributed by atoms with Crippen LogP contribution in [0.3, 0.4) is 0 Å². The summed E-state index contributed by atoms with van der Waals surface area (Å²) in [6.07, 6.45) is 1.60. The summed E-state index contributed by atoms with van der Waals surface area (Å²) in [6, 6.07) is 14.4. The fourth-order valence-corrected chi connectivity index (χ4v) is 2.77. The zero-order valence-corrected chi connectivity index (χ0v) is 13.4. The molecular formula is C18H16N4O3. The Morgan fingerprint density at radius 3 is 2.76 bits per heavy atom. The molecule has 1 saturated heterocycles. The summed E-state index contributed by atoms with van der Waals surface area (Å²) in [5.41, 5.74) is 1.22. The molecule has 126 valence electrons. The number of hydrogen-bond acceptors (Lipinski definition) is 6. The molecule has 3 aromatic rings. The molecule has 1 aliphatic heterocycles. The van der Waals surface area contributed by atoms with Gasteiger partial charge in [0.2, 0.25) is 0 Å². The van der Waals surface area contributed by atoms with Crippen molar-refractivity contribution in [3.63, 3.8) is 0 Å². The van der Waals surface area contributed by atoms with Crippen LogP contribution in [0.25, 0.3) is 11.5 Å². The van der Waals surface area contributed by atoms with Gasteiger partial charge >= 0.3 is 0 Å². The van der Waals surface area contributed by atoms with Gasteiger partial charge in [-0.3, -0.25) is 9.78 Å². The molecule has 0 N–H and O–H groups in total. The van der Waals surface area contributed by atoms with Crippen molar-refractivity contribution in [2.75, 3.05) is 19.8 Å². The zero-order valence-electron chi connectivity index (χ0n) is 13.4. The summed E-state index contributed by atoms with van der Waals surface area (Å²) in [4.78, 5) is 23.1. The molecule has 25 heavy (non-hydrogen) atoms. The van der Waals surface area contributed by atoms with Crippen molar-refractivity contribution in [3.05, 3.63) is 66.2 Å². The lowest BCUT2D eigenvalue weighted by Gasteiger charge is -2.33. The van der Waals surface area contributed by atoms with Crippen LogP contribution < -0.4 is 0 Å². The second-order valence-corrected chi connectivity index (χ2v) is 5.63. The van der Waals surface area contributed by atoms with E-state index in [9.17, 15) is 4.79 Å². The van der Waals surface area contributed by atoms with Crippen LogP contribution >= 0.6 is 0 Å². The average molecular weight is 336 g/mol. The molecule has 0 radical (unpaired) electrons. The smallest absolute Gasteiger partial charge is 0.273 e. The number of benzene rings is 1. The SMILES string of the molecule is O=C(c1ccccn1)N1CCOC[C@@H]1c1noc(-c2ccccc2)n1. The summed E-state index contributed by atoms with van der Waals surface area (Å²) < 4.78 is 10.9. The van der Waals surface area contributed by atoms with Crippen molar-refractivity contribution < 1.29 is 14.1 Å². The first-order valence-electron chi connectivity index (χ1n) is 8.02. The van der Waals surface area contributed by atoms with Gasteiger partial charge in [0.05, 0.1) is 13.2 Å². The summed E-state index contributed by atoms with van der Waals surface area (Å²) in [5.74, 6) is 0.689. The quantitative estimate of drug-likeness (QED) is 0.730. The number of pyridine rings is 1. The Morgan fingerprint density at radius 2 is 1.96 bits per heavy atom. The maximum absolute atomic E-state index is 12.8. The van der Waals surface area contributed by atoms with Gasteiger partial charge in [-0.2, -0.15) is 4.98 Å². The van der Waals surface area contributed by atoms with Gasteiger partial charge in [-0.25, -0.2) is 0 Å². The fourth-order valence-electron chi connectivity index (χ4n) is 2.77. The molecule has 1 aromatic carbocycles. The highest BCUT2D eigenvalue weighted by atomic mass is 16.5. The predicted octanol–water partition coefficient (Wildman–Crippen LogP) is 2.35. The van der Waals surface area contributed by atoms with Crippen molar-refractivity contribution in [3.8, 4) is 11.5 Å². The molecule has 1 atom stereocenters. The van der Waals surface area contributed by atoms with Gasteiger partial charge in [0.15, 0.2) is 5.82 Å². The monoisotopic (exact) mass is 336 g/mol. The third kappa shape index (κ3) is 3.14. The van der Waals surface area contributed by atoms with E-state index in [0.717, 1.165) is 5.56 Å². The Morgan fingerprint density at radius 1 is 1.12 bits per heavy atom. The molecule has 1 aliphatic rings. The van der Waals surface area contributed by atoms with Gasteiger partial charge < -0.3 is 14.2 Å². The van der Waals surface area contributed by atoms with Crippen molar-refractivity contribution in [2.45, 2.75) is 6.04 Å². The Kier molecular flexibility index (Phi) is 4.22. The number of carbonyl (C=O) groups is 1. The first-order chi connectivity index (χ1) is 12.3. The van der Waals surface area contributed by atoms with Crippen LogP contribution in [0.2, 0.25) is 0 Å². The van der Waals surface area contributed by atoms with E-state index in [1.54, 1.807) is 29.3 Å². The maximum atomic E-state index is 12.8. The van der Waals surface area contributed by atoms with Gasteiger partial charge in [-0.05, 0) is 24.3 Å².